The molecule has 1 saturated heterocycles. The first kappa shape index (κ1) is 12.9. The third kappa shape index (κ3) is 2.88. The van der Waals surface area contributed by atoms with Gasteiger partial charge in [-0.05, 0) is 38.1 Å². The Balaban J connectivity index is 1.66. The van der Waals surface area contributed by atoms with Gasteiger partial charge in [0.1, 0.15) is 0 Å². The van der Waals surface area contributed by atoms with Crippen molar-refractivity contribution < 1.29 is 4.79 Å². The van der Waals surface area contributed by atoms with Gasteiger partial charge in [-0.2, -0.15) is 5.10 Å². The van der Waals surface area contributed by atoms with Gasteiger partial charge in [-0.1, -0.05) is 18.2 Å². The number of nitrogens with one attached hydrogen (secondary N) is 2. The Kier molecular flexibility index (Phi) is 3.78. The van der Waals surface area contributed by atoms with Crippen molar-refractivity contribution in [3.8, 4) is 5.69 Å². The lowest BCUT2D eigenvalue weighted by atomic mass is 9.97. The number of amides is 1. The predicted molar refractivity (Wildman–Crippen MR) is 77.8 cm³/mol. The van der Waals surface area contributed by atoms with E-state index in [4.69, 9.17) is 0 Å². The molecule has 0 spiro atoms. The Bertz CT molecular complexity index is 573. The molecule has 1 aliphatic heterocycles. The summed E-state index contributed by atoms with van der Waals surface area (Å²) in [6.45, 7) is 1.83. The monoisotopic (exact) mass is 270 g/mol. The van der Waals surface area contributed by atoms with Crippen LogP contribution in [0.4, 0.5) is 5.82 Å². The van der Waals surface area contributed by atoms with E-state index in [2.05, 4.69) is 15.7 Å². The second-order valence-electron chi connectivity index (χ2n) is 4.99. The highest BCUT2D eigenvalue weighted by Crippen LogP contribution is 2.15. The smallest absolute Gasteiger partial charge is 0.228 e. The molecule has 5 heteroatoms. The molecular weight excluding hydrogens is 252 g/mol. The average Bonchev–Trinajstić information content (AvgIpc) is 2.97. The van der Waals surface area contributed by atoms with Gasteiger partial charge in [-0.3, -0.25) is 4.79 Å². The highest BCUT2D eigenvalue weighted by Gasteiger charge is 2.21. The van der Waals surface area contributed by atoms with Gasteiger partial charge in [0.2, 0.25) is 5.91 Å². The number of benzene rings is 1. The van der Waals surface area contributed by atoms with Crippen LogP contribution in [-0.2, 0) is 4.79 Å². The fourth-order valence-electron chi connectivity index (χ4n) is 2.43. The summed E-state index contributed by atoms with van der Waals surface area (Å²) in [6, 6.07) is 11.7. The third-order valence-electron chi connectivity index (χ3n) is 3.57. The second kappa shape index (κ2) is 5.88. The Labute approximate surface area is 118 Å². The molecule has 2 N–H and O–H groups in total. The number of carbonyl (C=O) groups is 1. The standard InChI is InChI=1S/C15H18N4O/c20-15(12-6-9-16-10-7-12)17-14-8-11-19(18-14)13-4-2-1-3-5-13/h1-5,8,11-12,16H,6-7,9-10H2,(H,17,18,20). The zero-order valence-electron chi connectivity index (χ0n) is 11.2. The molecule has 1 fully saturated rings. The topological polar surface area (TPSA) is 59.0 Å². The number of hydrogen-bond donors (Lipinski definition) is 2. The number of para-hydroxylation sites is 1. The van der Waals surface area contributed by atoms with E-state index in [-0.39, 0.29) is 11.8 Å². The van der Waals surface area contributed by atoms with Crippen molar-refractivity contribution in [3.63, 3.8) is 0 Å². The van der Waals surface area contributed by atoms with Gasteiger partial charge in [-0.15, -0.1) is 0 Å². The first-order valence-electron chi connectivity index (χ1n) is 6.95. The highest BCUT2D eigenvalue weighted by atomic mass is 16.2. The number of rotatable bonds is 3. The molecule has 0 aliphatic carbocycles. The number of aromatic nitrogens is 2. The molecule has 1 aromatic heterocycles. The van der Waals surface area contributed by atoms with Crippen LogP contribution in [0, 0.1) is 5.92 Å². The third-order valence-corrected chi connectivity index (χ3v) is 3.57. The van der Waals surface area contributed by atoms with E-state index in [0.29, 0.717) is 5.82 Å². The van der Waals surface area contributed by atoms with Crippen molar-refractivity contribution in [2.24, 2.45) is 5.92 Å². The molecule has 0 radical (unpaired) electrons. The average molecular weight is 270 g/mol. The molecule has 0 bridgehead atoms. The van der Waals surface area contributed by atoms with Crippen molar-refractivity contribution in [1.82, 2.24) is 15.1 Å². The van der Waals surface area contributed by atoms with Crippen LogP contribution in [0.2, 0.25) is 0 Å². The van der Waals surface area contributed by atoms with E-state index < -0.39 is 0 Å². The predicted octanol–water partition coefficient (Wildman–Crippen LogP) is 1.81. The summed E-state index contributed by atoms with van der Waals surface area (Å²) >= 11 is 0. The van der Waals surface area contributed by atoms with E-state index in [9.17, 15) is 4.79 Å². The van der Waals surface area contributed by atoms with Crippen molar-refractivity contribution >= 4 is 11.7 Å². The van der Waals surface area contributed by atoms with Gasteiger partial charge in [0.05, 0.1) is 5.69 Å². The van der Waals surface area contributed by atoms with E-state index >= 15 is 0 Å². The van der Waals surface area contributed by atoms with Gasteiger partial charge in [0.25, 0.3) is 0 Å². The maximum atomic E-state index is 12.1. The van der Waals surface area contributed by atoms with Gasteiger partial charge in [0, 0.05) is 18.2 Å². The molecular formula is C15H18N4O. The van der Waals surface area contributed by atoms with Crippen molar-refractivity contribution in [2.75, 3.05) is 18.4 Å². The van der Waals surface area contributed by atoms with E-state index in [1.54, 1.807) is 4.68 Å². The van der Waals surface area contributed by atoms with Crippen LogP contribution in [0.5, 0.6) is 0 Å². The first-order valence-corrected chi connectivity index (χ1v) is 6.95. The molecule has 20 heavy (non-hydrogen) atoms. The minimum absolute atomic E-state index is 0.0739. The highest BCUT2D eigenvalue weighted by molar-refractivity contribution is 5.91. The van der Waals surface area contributed by atoms with E-state index in [1.165, 1.54) is 0 Å². The second-order valence-corrected chi connectivity index (χ2v) is 4.99. The van der Waals surface area contributed by atoms with Crippen LogP contribution >= 0.6 is 0 Å². The number of nitrogens with zero attached hydrogens (tertiary/aromatic N) is 2. The summed E-state index contributed by atoms with van der Waals surface area (Å²) < 4.78 is 1.76. The summed E-state index contributed by atoms with van der Waals surface area (Å²) in [4.78, 5) is 12.1. The molecule has 104 valence electrons. The molecule has 1 aromatic carbocycles. The van der Waals surface area contributed by atoms with Gasteiger partial charge in [0.15, 0.2) is 5.82 Å². The summed E-state index contributed by atoms with van der Waals surface area (Å²) in [5.41, 5.74) is 0.981. The molecule has 5 nitrogen and oxygen atoms in total. The molecule has 2 heterocycles. The van der Waals surface area contributed by atoms with Gasteiger partial charge in [-0.25, -0.2) is 4.68 Å². The lowest BCUT2D eigenvalue weighted by Crippen LogP contribution is -2.34. The molecule has 1 amide bonds. The van der Waals surface area contributed by atoms with Gasteiger partial charge >= 0.3 is 0 Å². The van der Waals surface area contributed by atoms with Crippen LogP contribution in [0.1, 0.15) is 12.8 Å². The van der Waals surface area contributed by atoms with Crippen LogP contribution < -0.4 is 10.6 Å². The number of piperidine rings is 1. The quantitative estimate of drug-likeness (QED) is 0.894. The maximum absolute atomic E-state index is 12.1. The lowest BCUT2D eigenvalue weighted by molar-refractivity contribution is -0.120. The normalized spacial score (nSPS) is 16.0. The first-order chi connectivity index (χ1) is 9.83. The molecule has 0 saturated carbocycles. The molecule has 1 aliphatic rings. The summed E-state index contributed by atoms with van der Waals surface area (Å²) in [7, 11) is 0. The summed E-state index contributed by atoms with van der Waals surface area (Å²) in [5.74, 6) is 0.778. The Morgan fingerprint density at radius 2 is 1.95 bits per heavy atom. The number of carbonyl (C=O) groups excluding carboxylic acids is 1. The van der Waals surface area contributed by atoms with Crippen molar-refractivity contribution in [1.29, 1.82) is 0 Å². The fraction of sp³-hybridized carbons (Fsp3) is 0.333. The van der Waals surface area contributed by atoms with Crippen molar-refractivity contribution in [3.05, 3.63) is 42.6 Å². The molecule has 0 unspecified atom stereocenters. The van der Waals surface area contributed by atoms with Gasteiger partial charge < -0.3 is 10.6 Å². The zero-order chi connectivity index (χ0) is 13.8. The maximum Gasteiger partial charge on any atom is 0.228 e. The minimum Gasteiger partial charge on any atom is -0.317 e. The van der Waals surface area contributed by atoms with Crippen LogP contribution in [0.3, 0.4) is 0 Å². The molecule has 0 atom stereocenters. The minimum atomic E-state index is 0.0739. The lowest BCUT2D eigenvalue weighted by Gasteiger charge is -2.21. The summed E-state index contributed by atoms with van der Waals surface area (Å²) in [6.07, 6.45) is 3.64. The van der Waals surface area contributed by atoms with Crippen molar-refractivity contribution in [2.45, 2.75) is 12.8 Å². The SMILES string of the molecule is O=C(Nc1ccn(-c2ccccc2)n1)C1CCNCC1. The van der Waals surface area contributed by atoms with Crippen LogP contribution in [0.15, 0.2) is 42.6 Å². The van der Waals surface area contributed by atoms with E-state index in [0.717, 1.165) is 31.6 Å². The van der Waals surface area contributed by atoms with Crippen LogP contribution in [-0.4, -0.2) is 28.8 Å². The fourth-order valence-corrected chi connectivity index (χ4v) is 2.43. The van der Waals surface area contributed by atoms with Crippen LogP contribution in [0.25, 0.3) is 5.69 Å². The Hall–Kier alpha value is -2.14. The molecule has 3 rings (SSSR count). The molecule has 2 aromatic rings. The Morgan fingerprint density at radius 1 is 1.20 bits per heavy atom. The number of anilines is 1. The summed E-state index contributed by atoms with van der Waals surface area (Å²) in [5, 5.41) is 10.5. The largest absolute Gasteiger partial charge is 0.317 e. The Morgan fingerprint density at radius 3 is 2.70 bits per heavy atom. The number of hydrogen-bond acceptors (Lipinski definition) is 3. The van der Waals surface area contributed by atoms with E-state index in [1.807, 2.05) is 42.6 Å². The zero-order valence-corrected chi connectivity index (χ0v) is 11.2.